The zero-order chi connectivity index (χ0) is 7.84. The number of fused-ring (bicyclic) bond motifs is 1. The number of aromatic nitrogens is 1. The van der Waals surface area contributed by atoms with Gasteiger partial charge in [0.25, 0.3) is 0 Å². The van der Waals surface area contributed by atoms with Gasteiger partial charge in [0.15, 0.2) is 0 Å². The third kappa shape index (κ3) is 0.939. The molecule has 1 N–H and O–H groups in total. The highest BCUT2D eigenvalue weighted by molar-refractivity contribution is 7.10. The molecule has 0 spiro atoms. The molecule has 1 heterocycles. The molecule has 2 rings (SSSR count). The quantitative estimate of drug-likeness (QED) is 0.688. The van der Waals surface area contributed by atoms with Crippen molar-refractivity contribution < 1.29 is 9.90 Å². The summed E-state index contributed by atoms with van der Waals surface area (Å²) < 4.78 is 0. The molecular weight excluding hydrogens is 162 g/mol. The first-order valence-corrected chi connectivity index (χ1v) is 4.32. The minimum Gasteiger partial charge on any atom is -0.481 e. The van der Waals surface area contributed by atoms with E-state index in [1.54, 1.807) is 5.51 Å². The Labute approximate surface area is 67.7 Å². The summed E-state index contributed by atoms with van der Waals surface area (Å²) in [6.45, 7) is 0. The highest BCUT2D eigenvalue weighted by Gasteiger charge is 2.30. The van der Waals surface area contributed by atoms with Crippen LogP contribution in [0.1, 0.15) is 22.9 Å². The van der Waals surface area contributed by atoms with Crippen LogP contribution in [0.2, 0.25) is 0 Å². The second-order valence-electron chi connectivity index (χ2n) is 2.59. The fourth-order valence-corrected chi connectivity index (χ4v) is 2.36. The monoisotopic (exact) mass is 169 g/mol. The SMILES string of the molecule is O=C(O)C1CCc2ncsc21. The van der Waals surface area contributed by atoms with E-state index in [1.165, 1.54) is 11.3 Å². The molecule has 0 bridgehead atoms. The highest BCUT2D eigenvalue weighted by atomic mass is 32.1. The molecule has 0 aromatic carbocycles. The van der Waals surface area contributed by atoms with Crippen LogP contribution in [-0.4, -0.2) is 16.1 Å². The van der Waals surface area contributed by atoms with Crippen LogP contribution in [0.25, 0.3) is 0 Å². The molecule has 1 unspecified atom stereocenters. The van der Waals surface area contributed by atoms with Crippen molar-refractivity contribution in [2.24, 2.45) is 0 Å². The van der Waals surface area contributed by atoms with Crippen LogP contribution in [0, 0.1) is 0 Å². The van der Waals surface area contributed by atoms with Gasteiger partial charge < -0.3 is 5.11 Å². The molecule has 1 aliphatic rings. The van der Waals surface area contributed by atoms with Crippen molar-refractivity contribution in [3.05, 3.63) is 16.1 Å². The Hall–Kier alpha value is -0.900. The van der Waals surface area contributed by atoms with Gasteiger partial charge in [0, 0.05) is 4.88 Å². The van der Waals surface area contributed by atoms with E-state index in [4.69, 9.17) is 5.11 Å². The normalized spacial score (nSPS) is 21.6. The molecule has 1 aromatic heterocycles. The van der Waals surface area contributed by atoms with Gasteiger partial charge in [-0.1, -0.05) is 0 Å². The summed E-state index contributed by atoms with van der Waals surface area (Å²) in [5, 5.41) is 8.76. The van der Waals surface area contributed by atoms with Crippen LogP contribution in [0.4, 0.5) is 0 Å². The molecule has 1 aliphatic carbocycles. The Kier molecular flexibility index (Phi) is 1.42. The van der Waals surface area contributed by atoms with Gasteiger partial charge in [-0.25, -0.2) is 4.98 Å². The van der Waals surface area contributed by atoms with Crippen LogP contribution < -0.4 is 0 Å². The summed E-state index contributed by atoms with van der Waals surface area (Å²) in [7, 11) is 0. The van der Waals surface area contributed by atoms with Crippen molar-refractivity contribution in [2.45, 2.75) is 18.8 Å². The number of hydrogen-bond donors (Lipinski definition) is 1. The maximum absolute atomic E-state index is 10.6. The number of thiazole rings is 1. The molecule has 0 fully saturated rings. The molecule has 0 aliphatic heterocycles. The number of rotatable bonds is 1. The van der Waals surface area contributed by atoms with Crippen LogP contribution in [-0.2, 0) is 11.2 Å². The Balaban J connectivity index is 2.38. The lowest BCUT2D eigenvalue weighted by Crippen LogP contribution is -2.06. The summed E-state index contributed by atoms with van der Waals surface area (Å²) in [6.07, 6.45) is 1.56. The van der Waals surface area contributed by atoms with Crippen molar-refractivity contribution >= 4 is 17.3 Å². The number of carboxylic acid groups (broad SMARTS) is 1. The van der Waals surface area contributed by atoms with E-state index in [1.807, 2.05) is 0 Å². The second-order valence-corrected chi connectivity index (χ2v) is 3.48. The summed E-state index contributed by atoms with van der Waals surface area (Å²) in [4.78, 5) is 15.7. The molecule has 1 aromatic rings. The molecule has 58 valence electrons. The number of hydrogen-bond acceptors (Lipinski definition) is 3. The minimum atomic E-state index is -0.715. The fourth-order valence-electron chi connectivity index (χ4n) is 1.40. The number of carboxylic acids is 1. The van der Waals surface area contributed by atoms with Crippen molar-refractivity contribution in [3.63, 3.8) is 0 Å². The lowest BCUT2D eigenvalue weighted by molar-refractivity contribution is -0.138. The number of nitrogens with zero attached hydrogens (tertiary/aromatic N) is 1. The van der Waals surface area contributed by atoms with Gasteiger partial charge in [0.1, 0.15) is 0 Å². The van der Waals surface area contributed by atoms with Gasteiger partial charge in [-0.3, -0.25) is 4.79 Å². The van der Waals surface area contributed by atoms with Gasteiger partial charge in [-0.15, -0.1) is 11.3 Å². The van der Waals surface area contributed by atoms with Crippen molar-refractivity contribution in [1.82, 2.24) is 4.98 Å². The Bertz CT molecular complexity index is 294. The summed E-state index contributed by atoms with van der Waals surface area (Å²) in [5.41, 5.74) is 2.71. The van der Waals surface area contributed by atoms with Gasteiger partial charge >= 0.3 is 5.97 Å². The standard InChI is InChI=1S/C7H7NO2S/c9-7(10)4-1-2-5-6(4)11-3-8-5/h3-4H,1-2H2,(H,9,10). The largest absolute Gasteiger partial charge is 0.481 e. The lowest BCUT2D eigenvalue weighted by Gasteiger charge is -1.99. The molecule has 0 radical (unpaired) electrons. The molecular formula is C7H7NO2S. The molecule has 4 heteroatoms. The summed E-state index contributed by atoms with van der Waals surface area (Å²) >= 11 is 1.46. The van der Waals surface area contributed by atoms with Crippen molar-refractivity contribution in [1.29, 1.82) is 0 Å². The lowest BCUT2D eigenvalue weighted by atomic mass is 10.1. The Morgan fingerprint density at radius 1 is 1.82 bits per heavy atom. The van der Waals surface area contributed by atoms with E-state index in [0.717, 1.165) is 23.4 Å². The maximum Gasteiger partial charge on any atom is 0.311 e. The van der Waals surface area contributed by atoms with Gasteiger partial charge in [-0.2, -0.15) is 0 Å². The molecule has 3 nitrogen and oxygen atoms in total. The average Bonchev–Trinajstić information content (AvgIpc) is 2.41. The van der Waals surface area contributed by atoms with Crippen LogP contribution in [0.3, 0.4) is 0 Å². The van der Waals surface area contributed by atoms with E-state index in [2.05, 4.69) is 4.98 Å². The summed E-state index contributed by atoms with van der Waals surface area (Å²) in [5.74, 6) is -0.995. The van der Waals surface area contributed by atoms with E-state index in [-0.39, 0.29) is 5.92 Å². The molecule has 11 heavy (non-hydrogen) atoms. The molecule has 0 amide bonds. The van der Waals surface area contributed by atoms with Gasteiger partial charge in [0.05, 0.1) is 17.1 Å². The minimum absolute atomic E-state index is 0.280. The van der Waals surface area contributed by atoms with E-state index >= 15 is 0 Å². The first-order chi connectivity index (χ1) is 5.29. The van der Waals surface area contributed by atoms with Crippen molar-refractivity contribution in [2.75, 3.05) is 0 Å². The van der Waals surface area contributed by atoms with Crippen LogP contribution in [0.5, 0.6) is 0 Å². The molecule has 0 saturated carbocycles. The smallest absolute Gasteiger partial charge is 0.311 e. The predicted octanol–water partition coefficient (Wildman–Crippen LogP) is 1.26. The van der Waals surface area contributed by atoms with Crippen molar-refractivity contribution in [3.8, 4) is 0 Å². The summed E-state index contributed by atoms with van der Waals surface area (Å²) in [6, 6.07) is 0. The van der Waals surface area contributed by atoms with Gasteiger partial charge in [0.2, 0.25) is 0 Å². The van der Waals surface area contributed by atoms with Crippen LogP contribution in [0.15, 0.2) is 5.51 Å². The van der Waals surface area contributed by atoms with E-state index < -0.39 is 5.97 Å². The first-order valence-electron chi connectivity index (χ1n) is 3.44. The average molecular weight is 169 g/mol. The van der Waals surface area contributed by atoms with E-state index in [0.29, 0.717) is 0 Å². The Morgan fingerprint density at radius 3 is 3.36 bits per heavy atom. The number of aliphatic carboxylic acids is 1. The maximum atomic E-state index is 10.6. The molecule has 0 saturated heterocycles. The zero-order valence-electron chi connectivity index (χ0n) is 5.78. The Morgan fingerprint density at radius 2 is 2.64 bits per heavy atom. The topological polar surface area (TPSA) is 50.2 Å². The predicted molar refractivity (Wildman–Crippen MR) is 40.8 cm³/mol. The first kappa shape index (κ1) is 6.79. The number of carbonyl (C=O) groups is 1. The van der Waals surface area contributed by atoms with Gasteiger partial charge in [-0.05, 0) is 12.8 Å². The fraction of sp³-hybridized carbons (Fsp3) is 0.429. The van der Waals surface area contributed by atoms with Crippen LogP contribution >= 0.6 is 11.3 Å². The second kappa shape index (κ2) is 2.30. The molecule has 1 atom stereocenters. The number of aryl methyl sites for hydroxylation is 1. The zero-order valence-corrected chi connectivity index (χ0v) is 6.60. The third-order valence-corrected chi connectivity index (χ3v) is 2.94. The van der Waals surface area contributed by atoms with E-state index in [9.17, 15) is 4.79 Å². The third-order valence-electron chi connectivity index (χ3n) is 1.96. The highest BCUT2D eigenvalue weighted by Crippen LogP contribution is 2.35.